The Balaban J connectivity index is 1.73. The standard InChI is InChI=1S/C21H17FN2O3S/c1-11-18-14(12-5-4-6-13(25)9-12)10-17(26)24-21(18)28-19(11)20(27)23-16-8-3-2-7-15(16)22/h2-9,14,25H,10H2,1H3,(H,23,27)(H,24,26)/t14-/m0/s1. The third-order valence-electron chi connectivity index (χ3n) is 4.79. The maximum absolute atomic E-state index is 13.9. The third kappa shape index (κ3) is 3.25. The van der Waals surface area contributed by atoms with Crippen molar-refractivity contribution in [3.05, 3.63) is 75.9 Å². The van der Waals surface area contributed by atoms with Crippen LogP contribution in [0.1, 0.15) is 38.7 Å². The van der Waals surface area contributed by atoms with E-state index in [9.17, 15) is 19.1 Å². The van der Waals surface area contributed by atoms with Crippen LogP contribution in [-0.4, -0.2) is 16.9 Å². The fourth-order valence-corrected chi connectivity index (χ4v) is 4.67. The quantitative estimate of drug-likeness (QED) is 0.604. The number of carbonyl (C=O) groups excluding carboxylic acids is 2. The number of para-hydroxylation sites is 1. The molecule has 28 heavy (non-hydrogen) atoms. The summed E-state index contributed by atoms with van der Waals surface area (Å²) in [5, 5.41) is 15.8. The molecule has 0 spiro atoms. The van der Waals surface area contributed by atoms with Gasteiger partial charge in [0.15, 0.2) is 0 Å². The van der Waals surface area contributed by atoms with Gasteiger partial charge in [-0.3, -0.25) is 9.59 Å². The molecule has 1 aliphatic rings. The Morgan fingerprint density at radius 1 is 1.25 bits per heavy atom. The summed E-state index contributed by atoms with van der Waals surface area (Å²) >= 11 is 1.17. The number of aromatic hydroxyl groups is 1. The van der Waals surface area contributed by atoms with Crippen LogP contribution in [0.4, 0.5) is 15.1 Å². The normalized spacial score (nSPS) is 15.6. The maximum Gasteiger partial charge on any atom is 0.266 e. The highest BCUT2D eigenvalue weighted by Crippen LogP contribution is 2.45. The number of phenolic OH excluding ortho intramolecular Hbond substituents is 1. The van der Waals surface area contributed by atoms with Crippen molar-refractivity contribution in [3.8, 4) is 5.75 Å². The number of fused-ring (bicyclic) bond motifs is 1. The molecule has 3 N–H and O–H groups in total. The molecule has 0 saturated carbocycles. The monoisotopic (exact) mass is 396 g/mol. The van der Waals surface area contributed by atoms with Crippen LogP contribution >= 0.6 is 11.3 Å². The average molecular weight is 396 g/mol. The Morgan fingerprint density at radius 3 is 2.79 bits per heavy atom. The van der Waals surface area contributed by atoms with E-state index in [0.29, 0.717) is 9.88 Å². The number of hydrogen-bond acceptors (Lipinski definition) is 4. The number of hydrogen-bond donors (Lipinski definition) is 3. The fourth-order valence-electron chi connectivity index (χ4n) is 3.49. The van der Waals surface area contributed by atoms with Gasteiger partial charge in [-0.2, -0.15) is 0 Å². The second kappa shape index (κ2) is 7.09. The minimum atomic E-state index is -0.513. The zero-order valence-corrected chi connectivity index (χ0v) is 15.8. The highest BCUT2D eigenvalue weighted by molar-refractivity contribution is 7.18. The summed E-state index contributed by atoms with van der Waals surface area (Å²) < 4.78 is 13.9. The van der Waals surface area contributed by atoms with Gasteiger partial charge in [-0.25, -0.2) is 4.39 Å². The molecule has 1 aromatic heterocycles. The minimum Gasteiger partial charge on any atom is -0.508 e. The molecule has 0 unspecified atom stereocenters. The van der Waals surface area contributed by atoms with E-state index in [-0.39, 0.29) is 29.7 Å². The lowest BCUT2D eigenvalue weighted by Crippen LogP contribution is -2.22. The van der Waals surface area contributed by atoms with Gasteiger partial charge in [0, 0.05) is 12.3 Å². The van der Waals surface area contributed by atoms with Crippen LogP contribution in [0.2, 0.25) is 0 Å². The molecule has 2 heterocycles. The zero-order chi connectivity index (χ0) is 19.8. The summed E-state index contributed by atoms with van der Waals surface area (Å²) in [5.41, 5.74) is 2.50. The Bertz CT molecular complexity index is 1090. The van der Waals surface area contributed by atoms with Crippen molar-refractivity contribution in [1.82, 2.24) is 0 Å². The van der Waals surface area contributed by atoms with Gasteiger partial charge in [0.05, 0.1) is 15.6 Å². The lowest BCUT2D eigenvalue weighted by atomic mass is 9.85. The lowest BCUT2D eigenvalue weighted by Gasteiger charge is -2.24. The summed E-state index contributed by atoms with van der Waals surface area (Å²) in [6.07, 6.45) is 0.225. The molecule has 0 aliphatic carbocycles. The van der Waals surface area contributed by atoms with Crippen LogP contribution < -0.4 is 10.6 Å². The number of anilines is 2. The molecule has 2 amide bonds. The molecule has 0 saturated heterocycles. The first-order valence-corrected chi connectivity index (χ1v) is 9.53. The average Bonchev–Trinajstić information content (AvgIpc) is 2.99. The number of nitrogens with one attached hydrogen (secondary N) is 2. The molecule has 0 fully saturated rings. The predicted molar refractivity (Wildman–Crippen MR) is 107 cm³/mol. The first-order chi connectivity index (χ1) is 13.4. The van der Waals surface area contributed by atoms with Gasteiger partial charge in [0.1, 0.15) is 11.6 Å². The second-order valence-corrected chi connectivity index (χ2v) is 7.65. The minimum absolute atomic E-state index is 0.104. The van der Waals surface area contributed by atoms with E-state index in [2.05, 4.69) is 10.6 Å². The van der Waals surface area contributed by atoms with Gasteiger partial charge in [0.25, 0.3) is 5.91 Å². The summed E-state index contributed by atoms with van der Waals surface area (Å²) in [5.74, 6) is -1.23. The first-order valence-electron chi connectivity index (χ1n) is 8.72. The number of carbonyl (C=O) groups is 2. The molecule has 0 radical (unpaired) electrons. The van der Waals surface area contributed by atoms with Gasteiger partial charge < -0.3 is 15.7 Å². The SMILES string of the molecule is Cc1c(C(=O)Nc2ccccc2F)sc2c1[C@H](c1cccc(O)c1)CC(=O)N2. The largest absolute Gasteiger partial charge is 0.508 e. The number of amides is 2. The van der Waals surface area contributed by atoms with E-state index >= 15 is 0 Å². The number of halogens is 1. The molecule has 0 bridgehead atoms. The van der Waals surface area contributed by atoms with Crippen LogP contribution in [0.25, 0.3) is 0 Å². The van der Waals surface area contributed by atoms with Crippen LogP contribution in [0, 0.1) is 12.7 Å². The highest BCUT2D eigenvalue weighted by Gasteiger charge is 2.33. The van der Waals surface area contributed by atoms with Crippen LogP contribution in [0.15, 0.2) is 48.5 Å². The second-order valence-electron chi connectivity index (χ2n) is 6.63. The first kappa shape index (κ1) is 18.2. The summed E-state index contributed by atoms with van der Waals surface area (Å²) in [7, 11) is 0. The molecule has 3 aromatic rings. The molecule has 2 aromatic carbocycles. The zero-order valence-electron chi connectivity index (χ0n) is 15.0. The van der Waals surface area contributed by atoms with Crippen molar-refractivity contribution in [3.63, 3.8) is 0 Å². The van der Waals surface area contributed by atoms with E-state index in [1.54, 1.807) is 30.3 Å². The van der Waals surface area contributed by atoms with E-state index in [4.69, 9.17) is 0 Å². The number of phenols is 1. The van der Waals surface area contributed by atoms with Crippen LogP contribution in [0.3, 0.4) is 0 Å². The van der Waals surface area contributed by atoms with Gasteiger partial charge in [0.2, 0.25) is 5.91 Å². The molecular weight excluding hydrogens is 379 g/mol. The topological polar surface area (TPSA) is 78.4 Å². The van der Waals surface area contributed by atoms with E-state index < -0.39 is 11.7 Å². The van der Waals surface area contributed by atoms with E-state index in [1.807, 2.05) is 13.0 Å². The Labute approximate surface area is 164 Å². The summed E-state index contributed by atoms with van der Waals surface area (Å²) in [6, 6.07) is 12.7. The van der Waals surface area contributed by atoms with Crippen molar-refractivity contribution >= 4 is 33.8 Å². The van der Waals surface area contributed by atoms with Crippen molar-refractivity contribution in [1.29, 1.82) is 0 Å². The molecule has 7 heteroatoms. The molecule has 4 rings (SSSR count). The lowest BCUT2D eigenvalue weighted by molar-refractivity contribution is -0.116. The molecule has 142 valence electrons. The Kier molecular flexibility index (Phi) is 4.60. The van der Waals surface area contributed by atoms with Crippen molar-refractivity contribution in [2.24, 2.45) is 0 Å². The molecule has 5 nitrogen and oxygen atoms in total. The highest BCUT2D eigenvalue weighted by atomic mass is 32.1. The van der Waals surface area contributed by atoms with Gasteiger partial charge >= 0.3 is 0 Å². The molecular formula is C21H17FN2O3S. The number of benzene rings is 2. The molecule has 1 aliphatic heterocycles. The van der Waals surface area contributed by atoms with Crippen molar-refractivity contribution < 1.29 is 19.1 Å². The number of rotatable bonds is 3. The Morgan fingerprint density at radius 2 is 2.04 bits per heavy atom. The smallest absolute Gasteiger partial charge is 0.266 e. The maximum atomic E-state index is 13.9. The van der Waals surface area contributed by atoms with Gasteiger partial charge in [-0.1, -0.05) is 24.3 Å². The summed E-state index contributed by atoms with van der Waals surface area (Å²) in [4.78, 5) is 25.4. The Hall–Kier alpha value is -3.19. The number of thiophene rings is 1. The predicted octanol–water partition coefficient (Wildman–Crippen LogP) is 4.63. The van der Waals surface area contributed by atoms with Crippen molar-refractivity contribution in [2.75, 3.05) is 10.6 Å². The molecule has 1 atom stereocenters. The summed E-state index contributed by atoms with van der Waals surface area (Å²) in [6.45, 7) is 1.82. The van der Waals surface area contributed by atoms with Gasteiger partial charge in [-0.05, 0) is 47.9 Å². The van der Waals surface area contributed by atoms with E-state index in [0.717, 1.165) is 16.7 Å². The van der Waals surface area contributed by atoms with Gasteiger partial charge in [-0.15, -0.1) is 11.3 Å². The van der Waals surface area contributed by atoms with E-state index in [1.165, 1.54) is 23.5 Å². The van der Waals surface area contributed by atoms with Crippen LogP contribution in [0.5, 0.6) is 5.75 Å². The fraction of sp³-hybridized carbons (Fsp3) is 0.143. The third-order valence-corrected chi connectivity index (χ3v) is 6.01. The van der Waals surface area contributed by atoms with Crippen LogP contribution in [-0.2, 0) is 4.79 Å². The van der Waals surface area contributed by atoms with Crippen molar-refractivity contribution in [2.45, 2.75) is 19.3 Å².